The van der Waals surface area contributed by atoms with E-state index < -0.39 is 0 Å². The van der Waals surface area contributed by atoms with Crippen LogP contribution in [0.4, 0.5) is 0 Å². The van der Waals surface area contributed by atoms with Gasteiger partial charge in [-0.2, -0.15) is 0 Å². The second-order valence-corrected chi connectivity index (χ2v) is 5.89. The van der Waals surface area contributed by atoms with E-state index in [0.29, 0.717) is 5.41 Å². The van der Waals surface area contributed by atoms with Crippen LogP contribution in [0.3, 0.4) is 0 Å². The predicted molar refractivity (Wildman–Crippen MR) is 53.8 cm³/mol. The highest BCUT2D eigenvalue weighted by atomic mass is 32.2. The summed E-state index contributed by atoms with van der Waals surface area (Å²) in [5, 5.41) is 3.05. The number of allylic oxidation sites excluding steroid dienone is 1. The van der Waals surface area contributed by atoms with Gasteiger partial charge in [-0.3, -0.25) is 0 Å². The topological polar surface area (TPSA) is 0 Å². The third kappa shape index (κ3) is 2.90. The first kappa shape index (κ1) is 9.18. The molecule has 1 aliphatic heterocycles. The van der Waals surface area contributed by atoms with Crippen LogP contribution in [-0.4, -0.2) is 5.25 Å². The van der Waals surface area contributed by atoms with Gasteiger partial charge in [0.2, 0.25) is 0 Å². The molecule has 0 fully saturated rings. The molecule has 0 aromatic rings. The van der Waals surface area contributed by atoms with Crippen molar-refractivity contribution >= 4 is 11.8 Å². The molecule has 0 amide bonds. The van der Waals surface area contributed by atoms with Crippen LogP contribution in [0.5, 0.6) is 0 Å². The Morgan fingerprint density at radius 3 is 2.36 bits per heavy atom. The highest BCUT2D eigenvalue weighted by Gasteiger charge is 2.24. The molecule has 0 saturated carbocycles. The first-order valence-corrected chi connectivity index (χ1v) is 5.25. The van der Waals surface area contributed by atoms with Gasteiger partial charge in [-0.25, -0.2) is 0 Å². The normalized spacial score (nSPS) is 31.3. The molecule has 1 rings (SSSR count). The molecule has 0 aromatic heterocycles. The molecule has 64 valence electrons. The Morgan fingerprint density at radius 2 is 2.00 bits per heavy atom. The lowest BCUT2D eigenvalue weighted by Gasteiger charge is -2.24. The average Bonchev–Trinajstić information content (AvgIpc) is 2.12. The Balaban J connectivity index is 2.43. The van der Waals surface area contributed by atoms with E-state index in [-0.39, 0.29) is 0 Å². The monoisotopic (exact) mass is 170 g/mol. The van der Waals surface area contributed by atoms with Crippen molar-refractivity contribution in [3.63, 3.8) is 0 Å². The quantitative estimate of drug-likeness (QED) is 0.578. The molecule has 1 aliphatic rings. The highest BCUT2D eigenvalue weighted by molar-refractivity contribution is 8.02. The molecule has 0 radical (unpaired) electrons. The fraction of sp³-hybridized carbons (Fsp3) is 0.800. The molecule has 2 unspecified atom stereocenters. The molecule has 0 saturated heterocycles. The zero-order valence-electron chi connectivity index (χ0n) is 7.92. The summed E-state index contributed by atoms with van der Waals surface area (Å²) in [6, 6.07) is 0. The minimum Gasteiger partial charge on any atom is -0.131 e. The average molecular weight is 170 g/mol. The van der Waals surface area contributed by atoms with E-state index in [1.165, 1.54) is 6.42 Å². The van der Waals surface area contributed by atoms with E-state index in [2.05, 4.69) is 39.2 Å². The highest BCUT2D eigenvalue weighted by Crippen LogP contribution is 2.36. The van der Waals surface area contributed by atoms with Gasteiger partial charge in [0.1, 0.15) is 0 Å². The lowest BCUT2D eigenvalue weighted by molar-refractivity contribution is 0.326. The lowest BCUT2D eigenvalue weighted by Crippen LogP contribution is -2.16. The van der Waals surface area contributed by atoms with Gasteiger partial charge in [0.25, 0.3) is 0 Å². The van der Waals surface area contributed by atoms with E-state index in [1.54, 1.807) is 0 Å². The minimum atomic E-state index is 0.480. The molecular weight excluding hydrogens is 152 g/mol. The number of hydrogen-bond acceptors (Lipinski definition) is 1. The Bertz CT molecular complexity index is 153. The van der Waals surface area contributed by atoms with Gasteiger partial charge in [0, 0.05) is 5.25 Å². The van der Waals surface area contributed by atoms with Crippen LogP contribution in [0.15, 0.2) is 11.5 Å². The van der Waals surface area contributed by atoms with Crippen molar-refractivity contribution in [3.8, 4) is 0 Å². The Labute approximate surface area is 74.5 Å². The van der Waals surface area contributed by atoms with Crippen molar-refractivity contribution in [2.45, 2.75) is 39.4 Å². The smallest absolute Gasteiger partial charge is 0.0123 e. The van der Waals surface area contributed by atoms with Crippen molar-refractivity contribution in [3.05, 3.63) is 11.5 Å². The van der Waals surface area contributed by atoms with Crippen LogP contribution < -0.4 is 0 Å². The van der Waals surface area contributed by atoms with Gasteiger partial charge in [-0.05, 0) is 23.2 Å². The first-order valence-electron chi connectivity index (χ1n) is 4.31. The molecule has 0 bridgehead atoms. The SMILES string of the molecule is CC1SC=CC1CC(C)(C)C. The second-order valence-electron chi connectivity index (χ2n) is 4.60. The third-order valence-corrected chi connectivity index (χ3v) is 3.16. The van der Waals surface area contributed by atoms with E-state index >= 15 is 0 Å². The maximum atomic E-state index is 2.36. The standard InChI is InChI=1S/C10H18S/c1-8-9(5-6-11-8)7-10(2,3)4/h5-6,8-9H,7H2,1-4H3. The van der Waals surface area contributed by atoms with Gasteiger partial charge in [-0.15, -0.1) is 11.8 Å². The molecule has 0 nitrogen and oxygen atoms in total. The molecule has 1 heterocycles. The summed E-state index contributed by atoms with van der Waals surface area (Å²) in [6.45, 7) is 9.27. The van der Waals surface area contributed by atoms with Gasteiger partial charge >= 0.3 is 0 Å². The summed E-state index contributed by atoms with van der Waals surface area (Å²) in [6.07, 6.45) is 3.68. The largest absolute Gasteiger partial charge is 0.131 e. The summed E-state index contributed by atoms with van der Waals surface area (Å²) in [7, 11) is 0. The number of thioether (sulfide) groups is 1. The van der Waals surface area contributed by atoms with Crippen LogP contribution in [0, 0.1) is 11.3 Å². The van der Waals surface area contributed by atoms with Crippen LogP contribution in [0.2, 0.25) is 0 Å². The molecule has 0 N–H and O–H groups in total. The van der Waals surface area contributed by atoms with Crippen molar-refractivity contribution < 1.29 is 0 Å². The van der Waals surface area contributed by atoms with Crippen molar-refractivity contribution in [2.75, 3.05) is 0 Å². The molecule has 11 heavy (non-hydrogen) atoms. The molecule has 1 heteroatoms. The first-order chi connectivity index (χ1) is 4.99. The van der Waals surface area contributed by atoms with Crippen LogP contribution in [0.1, 0.15) is 34.1 Å². The number of rotatable bonds is 1. The Kier molecular flexibility index (Phi) is 2.69. The predicted octanol–water partition coefficient (Wildman–Crippen LogP) is 3.69. The van der Waals surface area contributed by atoms with Crippen LogP contribution in [0.25, 0.3) is 0 Å². The summed E-state index contributed by atoms with van der Waals surface area (Å²) in [4.78, 5) is 0. The van der Waals surface area contributed by atoms with Gasteiger partial charge in [0.05, 0.1) is 0 Å². The van der Waals surface area contributed by atoms with Gasteiger partial charge < -0.3 is 0 Å². The molecular formula is C10H18S. The van der Waals surface area contributed by atoms with Crippen LogP contribution in [-0.2, 0) is 0 Å². The minimum absolute atomic E-state index is 0.480. The summed E-state index contributed by atoms with van der Waals surface area (Å²) in [5.74, 6) is 0.806. The van der Waals surface area contributed by atoms with Crippen LogP contribution >= 0.6 is 11.8 Å². The van der Waals surface area contributed by atoms with Gasteiger partial charge in [-0.1, -0.05) is 33.8 Å². The maximum Gasteiger partial charge on any atom is 0.0123 e. The fourth-order valence-electron chi connectivity index (χ4n) is 1.47. The summed E-state index contributed by atoms with van der Waals surface area (Å²) < 4.78 is 0. The Hall–Kier alpha value is 0.0900. The third-order valence-electron chi connectivity index (χ3n) is 2.07. The number of hydrogen-bond donors (Lipinski definition) is 0. The molecule has 0 aliphatic carbocycles. The molecule has 2 atom stereocenters. The summed E-state index contributed by atoms with van der Waals surface area (Å²) >= 11 is 1.97. The van der Waals surface area contributed by atoms with Gasteiger partial charge in [0.15, 0.2) is 0 Å². The zero-order chi connectivity index (χ0) is 8.48. The lowest BCUT2D eigenvalue weighted by atomic mass is 9.83. The van der Waals surface area contributed by atoms with E-state index in [9.17, 15) is 0 Å². The van der Waals surface area contributed by atoms with Crippen molar-refractivity contribution in [2.24, 2.45) is 11.3 Å². The van der Waals surface area contributed by atoms with E-state index in [4.69, 9.17) is 0 Å². The van der Waals surface area contributed by atoms with Crippen molar-refractivity contribution in [1.82, 2.24) is 0 Å². The molecule has 0 aromatic carbocycles. The Morgan fingerprint density at radius 1 is 1.36 bits per heavy atom. The fourth-order valence-corrected chi connectivity index (χ4v) is 2.40. The second kappa shape index (κ2) is 3.22. The van der Waals surface area contributed by atoms with E-state index in [0.717, 1.165) is 11.2 Å². The maximum absolute atomic E-state index is 2.36. The zero-order valence-corrected chi connectivity index (χ0v) is 8.74. The molecule has 0 spiro atoms. The van der Waals surface area contributed by atoms with E-state index in [1.807, 2.05) is 11.8 Å². The van der Waals surface area contributed by atoms with Crippen molar-refractivity contribution in [1.29, 1.82) is 0 Å². The summed E-state index contributed by atoms with van der Waals surface area (Å²) in [5.41, 5.74) is 0.480.